The van der Waals surface area contributed by atoms with Gasteiger partial charge in [0.15, 0.2) is 0 Å². The van der Waals surface area contributed by atoms with Crippen LogP contribution in [0, 0.1) is 0 Å². The van der Waals surface area contributed by atoms with E-state index in [4.69, 9.17) is 23.2 Å². The third-order valence-electron chi connectivity index (χ3n) is 6.65. The summed E-state index contributed by atoms with van der Waals surface area (Å²) < 4.78 is 26.1. The van der Waals surface area contributed by atoms with Crippen molar-refractivity contribution >= 4 is 50.7 Å². The molecule has 1 aliphatic carbocycles. The Labute approximate surface area is 230 Å². The van der Waals surface area contributed by atoms with Crippen molar-refractivity contribution in [3.05, 3.63) is 64.1 Å². The Kier molecular flexibility index (Phi) is 10.7. The second-order valence-corrected chi connectivity index (χ2v) is 12.4. The predicted octanol–water partition coefficient (Wildman–Crippen LogP) is 5.41. The van der Waals surface area contributed by atoms with Gasteiger partial charge in [0.1, 0.15) is 6.04 Å². The van der Waals surface area contributed by atoms with Gasteiger partial charge in [0, 0.05) is 35.6 Å². The smallest absolute Gasteiger partial charge is 0.242 e. The van der Waals surface area contributed by atoms with Gasteiger partial charge in [0.25, 0.3) is 0 Å². The van der Waals surface area contributed by atoms with E-state index in [2.05, 4.69) is 5.32 Å². The summed E-state index contributed by atoms with van der Waals surface area (Å²) in [6, 6.07) is 13.2. The molecule has 0 spiro atoms. The second-order valence-electron chi connectivity index (χ2n) is 9.58. The van der Waals surface area contributed by atoms with Crippen LogP contribution in [-0.4, -0.2) is 50.0 Å². The summed E-state index contributed by atoms with van der Waals surface area (Å²) in [5, 5.41) is 4.21. The standard InChI is InChI=1S/C27H35Cl2N3O4S/c1-20(27(34)30-24-7-4-3-5-8-24)31(19-21-10-12-22(28)13-11-21)26(33)9-6-18-32(37(2,35)36)25-16-14-23(29)15-17-25/h10-17,20,24H,3-9,18-19H2,1-2H3,(H,30,34)/t20-/m1/s1. The topological polar surface area (TPSA) is 86.8 Å². The van der Waals surface area contributed by atoms with Crippen LogP contribution in [0.1, 0.15) is 57.4 Å². The molecule has 202 valence electrons. The van der Waals surface area contributed by atoms with E-state index in [1.807, 2.05) is 12.1 Å². The molecule has 2 aromatic rings. The Hall–Kier alpha value is -2.29. The highest BCUT2D eigenvalue weighted by molar-refractivity contribution is 7.92. The average Bonchev–Trinajstić information content (AvgIpc) is 2.86. The van der Waals surface area contributed by atoms with Gasteiger partial charge in [-0.15, -0.1) is 0 Å². The summed E-state index contributed by atoms with van der Waals surface area (Å²) in [5.41, 5.74) is 1.34. The van der Waals surface area contributed by atoms with Crippen LogP contribution in [0.5, 0.6) is 0 Å². The van der Waals surface area contributed by atoms with Gasteiger partial charge in [-0.05, 0) is 68.1 Å². The molecule has 2 amide bonds. The highest BCUT2D eigenvalue weighted by Crippen LogP contribution is 2.22. The first-order valence-corrected chi connectivity index (χ1v) is 15.2. The normalized spacial score (nSPS) is 15.1. The molecular formula is C27H35Cl2N3O4S. The molecule has 1 N–H and O–H groups in total. The number of hydrogen-bond acceptors (Lipinski definition) is 4. The average molecular weight is 569 g/mol. The van der Waals surface area contributed by atoms with Gasteiger partial charge in [0.05, 0.1) is 11.9 Å². The number of nitrogens with zero attached hydrogens (tertiary/aromatic N) is 2. The van der Waals surface area contributed by atoms with Crippen LogP contribution >= 0.6 is 23.2 Å². The number of nitrogens with one attached hydrogen (secondary N) is 1. The maximum atomic E-state index is 13.4. The lowest BCUT2D eigenvalue weighted by molar-refractivity contribution is -0.141. The van der Waals surface area contributed by atoms with E-state index in [0.29, 0.717) is 22.2 Å². The van der Waals surface area contributed by atoms with Gasteiger partial charge in [-0.25, -0.2) is 8.42 Å². The zero-order valence-electron chi connectivity index (χ0n) is 21.3. The second kappa shape index (κ2) is 13.5. The number of benzene rings is 2. The summed E-state index contributed by atoms with van der Waals surface area (Å²) in [5.74, 6) is -0.390. The first-order chi connectivity index (χ1) is 17.5. The van der Waals surface area contributed by atoms with Crippen LogP contribution in [0.3, 0.4) is 0 Å². The number of hydrogen-bond donors (Lipinski definition) is 1. The minimum absolute atomic E-state index is 0.0915. The number of anilines is 1. The van der Waals surface area contributed by atoms with Crippen molar-refractivity contribution in [2.24, 2.45) is 0 Å². The van der Waals surface area contributed by atoms with Gasteiger partial charge >= 0.3 is 0 Å². The minimum Gasteiger partial charge on any atom is -0.352 e. The Balaban J connectivity index is 1.70. The van der Waals surface area contributed by atoms with Gasteiger partial charge in [0.2, 0.25) is 21.8 Å². The summed E-state index contributed by atoms with van der Waals surface area (Å²) >= 11 is 12.0. The lowest BCUT2D eigenvalue weighted by Gasteiger charge is -2.31. The van der Waals surface area contributed by atoms with Crippen LogP contribution in [0.25, 0.3) is 0 Å². The Morgan fingerprint density at radius 3 is 2.11 bits per heavy atom. The summed E-state index contributed by atoms with van der Waals surface area (Å²) in [6.07, 6.45) is 6.80. The van der Waals surface area contributed by atoms with E-state index >= 15 is 0 Å². The van der Waals surface area contributed by atoms with Crippen molar-refractivity contribution in [2.45, 2.75) is 70.5 Å². The molecule has 37 heavy (non-hydrogen) atoms. The number of amides is 2. The lowest BCUT2D eigenvalue weighted by atomic mass is 9.95. The largest absolute Gasteiger partial charge is 0.352 e. The Bertz CT molecular complexity index is 1150. The maximum Gasteiger partial charge on any atom is 0.242 e. The number of rotatable bonds is 11. The fourth-order valence-corrected chi connectivity index (χ4v) is 5.77. The van der Waals surface area contributed by atoms with Gasteiger partial charge in [-0.3, -0.25) is 13.9 Å². The van der Waals surface area contributed by atoms with Crippen LogP contribution in [-0.2, 0) is 26.2 Å². The summed E-state index contributed by atoms with van der Waals surface area (Å²) in [4.78, 5) is 28.1. The number of carbonyl (C=O) groups is 2. The molecule has 0 aliphatic heterocycles. The number of sulfonamides is 1. The van der Waals surface area contributed by atoms with Gasteiger partial charge < -0.3 is 10.2 Å². The summed E-state index contributed by atoms with van der Waals surface area (Å²) in [6.45, 7) is 2.12. The van der Waals surface area contributed by atoms with Crippen LogP contribution in [0.15, 0.2) is 48.5 Å². The van der Waals surface area contributed by atoms with E-state index in [9.17, 15) is 18.0 Å². The monoisotopic (exact) mass is 567 g/mol. The molecule has 1 atom stereocenters. The van der Waals surface area contributed by atoms with Crippen molar-refractivity contribution in [1.29, 1.82) is 0 Å². The molecule has 3 rings (SSSR count). The minimum atomic E-state index is -3.56. The zero-order chi connectivity index (χ0) is 27.0. The van der Waals surface area contributed by atoms with Crippen molar-refractivity contribution in [1.82, 2.24) is 10.2 Å². The fourth-order valence-electron chi connectivity index (χ4n) is 4.55. The number of halogens is 2. The molecule has 1 saturated carbocycles. The lowest BCUT2D eigenvalue weighted by Crippen LogP contribution is -2.50. The van der Waals surface area contributed by atoms with Crippen molar-refractivity contribution < 1.29 is 18.0 Å². The highest BCUT2D eigenvalue weighted by atomic mass is 35.5. The molecular weight excluding hydrogens is 533 g/mol. The van der Waals surface area contributed by atoms with E-state index in [1.54, 1.807) is 48.2 Å². The van der Waals surface area contributed by atoms with Crippen molar-refractivity contribution in [3.63, 3.8) is 0 Å². The van der Waals surface area contributed by atoms with E-state index in [1.165, 1.54) is 10.7 Å². The predicted molar refractivity (Wildman–Crippen MR) is 149 cm³/mol. The molecule has 0 bridgehead atoms. The Morgan fingerprint density at radius 1 is 0.973 bits per heavy atom. The maximum absolute atomic E-state index is 13.4. The molecule has 7 nitrogen and oxygen atoms in total. The Morgan fingerprint density at radius 2 is 1.54 bits per heavy atom. The third-order valence-corrected chi connectivity index (χ3v) is 8.35. The van der Waals surface area contributed by atoms with Gasteiger partial charge in [-0.1, -0.05) is 54.6 Å². The fraction of sp³-hybridized carbons (Fsp3) is 0.481. The van der Waals surface area contributed by atoms with E-state index in [0.717, 1.165) is 37.5 Å². The van der Waals surface area contributed by atoms with E-state index < -0.39 is 16.1 Å². The molecule has 1 aliphatic rings. The van der Waals surface area contributed by atoms with Crippen LogP contribution < -0.4 is 9.62 Å². The molecule has 0 heterocycles. The van der Waals surface area contributed by atoms with Crippen LogP contribution in [0.4, 0.5) is 5.69 Å². The number of carbonyl (C=O) groups excluding carboxylic acids is 2. The third kappa shape index (κ3) is 8.90. The van der Waals surface area contributed by atoms with Crippen LogP contribution in [0.2, 0.25) is 10.0 Å². The van der Waals surface area contributed by atoms with Crippen molar-refractivity contribution in [2.75, 3.05) is 17.1 Å². The first kappa shape index (κ1) is 29.3. The first-order valence-electron chi connectivity index (χ1n) is 12.6. The molecule has 0 saturated heterocycles. The molecule has 0 radical (unpaired) electrons. The summed E-state index contributed by atoms with van der Waals surface area (Å²) in [7, 11) is -3.56. The zero-order valence-corrected chi connectivity index (χ0v) is 23.7. The van der Waals surface area contributed by atoms with Gasteiger partial charge in [-0.2, -0.15) is 0 Å². The van der Waals surface area contributed by atoms with Crippen molar-refractivity contribution in [3.8, 4) is 0 Å². The quantitative estimate of drug-likeness (QED) is 0.393. The SMILES string of the molecule is C[C@H](C(=O)NC1CCCCC1)N(Cc1ccc(Cl)cc1)C(=O)CCCN(c1ccc(Cl)cc1)S(C)(=O)=O. The molecule has 0 aromatic heterocycles. The molecule has 10 heteroatoms. The molecule has 0 unspecified atom stereocenters. The molecule has 2 aromatic carbocycles. The highest BCUT2D eigenvalue weighted by Gasteiger charge is 2.28. The molecule has 1 fully saturated rings. The van der Waals surface area contributed by atoms with E-state index in [-0.39, 0.29) is 37.4 Å².